The zero-order valence-corrected chi connectivity index (χ0v) is 16.5. The molecular weight excluding hydrogens is 526 g/mol. The van der Waals surface area contributed by atoms with Gasteiger partial charge in [-0.1, -0.05) is 48.5 Å². The standard InChI is InChI=1S/C20H8I2O2/c21-17-13-9-5-1-3-7-11(9)19(23)15(13)18(22)14-10-6-2-4-8-12(10)20(24)16(14)17/h1-8H. The highest BCUT2D eigenvalue weighted by atomic mass is 127. The minimum absolute atomic E-state index is 0.0579. The molecule has 0 bridgehead atoms. The number of hydrogen-bond donors (Lipinski definition) is 0. The van der Waals surface area contributed by atoms with Gasteiger partial charge in [-0.25, -0.2) is 0 Å². The summed E-state index contributed by atoms with van der Waals surface area (Å²) in [6.45, 7) is 0. The van der Waals surface area contributed by atoms with Gasteiger partial charge in [0.2, 0.25) is 0 Å². The van der Waals surface area contributed by atoms with Crippen LogP contribution in [0.3, 0.4) is 0 Å². The zero-order chi connectivity index (χ0) is 16.6. The Labute approximate surface area is 163 Å². The maximum Gasteiger partial charge on any atom is 0.195 e. The predicted molar refractivity (Wildman–Crippen MR) is 117 cm³/mol. The first kappa shape index (κ1) is 14.8. The molecule has 0 aromatic heterocycles. The van der Waals surface area contributed by atoms with Gasteiger partial charge in [0, 0.05) is 39.5 Å². The van der Waals surface area contributed by atoms with E-state index in [0.29, 0.717) is 0 Å². The van der Waals surface area contributed by atoms with Gasteiger partial charge in [-0.2, -0.15) is 0 Å². The molecule has 5 aromatic rings. The Hall–Kier alpha value is -1.54. The predicted octanol–water partition coefficient (Wildman–Crippen LogP) is 5.10. The van der Waals surface area contributed by atoms with E-state index in [1.165, 1.54) is 0 Å². The molecular formula is C20H8I2O2. The van der Waals surface area contributed by atoms with Crippen LogP contribution in [0.5, 0.6) is 0 Å². The van der Waals surface area contributed by atoms with Crippen LogP contribution in [0.1, 0.15) is 0 Å². The average molecular weight is 534 g/mol. The highest BCUT2D eigenvalue weighted by Gasteiger charge is 2.23. The fraction of sp³-hybridized carbons (Fsp3) is 0. The molecule has 0 aliphatic rings. The number of halogens is 2. The van der Waals surface area contributed by atoms with E-state index in [9.17, 15) is 9.59 Å². The molecule has 4 heteroatoms. The van der Waals surface area contributed by atoms with Crippen LogP contribution in [-0.4, -0.2) is 0 Å². The van der Waals surface area contributed by atoms with E-state index in [-0.39, 0.29) is 10.9 Å². The summed E-state index contributed by atoms with van der Waals surface area (Å²) in [6.07, 6.45) is 0. The largest absolute Gasteiger partial charge is 0.289 e. The molecule has 0 spiro atoms. The van der Waals surface area contributed by atoms with Crippen molar-refractivity contribution in [2.24, 2.45) is 0 Å². The van der Waals surface area contributed by atoms with E-state index in [1.807, 2.05) is 48.5 Å². The monoisotopic (exact) mass is 534 g/mol. The van der Waals surface area contributed by atoms with Crippen molar-refractivity contribution in [3.63, 3.8) is 0 Å². The third-order valence-electron chi connectivity index (χ3n) is 4.71. The molecule has 0 saturated carbocycles. The van der Waals surface area contributed by atoms with E-state index < -0.39 is 0 Å². The third kappa shape index (κ3) is 1.65. The van der Waals surface area contributed by atoms with Gasteiger partial charge >= 0.3 is 0 Å². The highest BCUT2D eigenvalue weighted by Crippen LogP contribution is 2.39. The Bertz CT molecular complexity index is 1300. The number of hydrogen-bond acceptors (Lipinski definition) is 2. The van der Waals surface area contributed by atoms with Crippen molar-refractivity contribution in [2.75, 3.05) is 0 Å². The molecule has 114 valence electrons. The van der Waals surface area contributed by atoms with Crippen LogP contribution in [0, 0.1) is 7.14 Å². The second-order valence-corrected chi connectivity index (χ2v) is 8.03. The SMILES string of the molecule is O=c1c2ccccc2c2c(I)c3c(=O)c4ccccc4c3c(I)c12. The summed E-state index contributed by atoms with van der Waals surface area (Å²) >= 11 is 4.47. The molecule has 0 N–H and O–H groups in total. The van der Waals surface area contributed by atoms with Gasteiger partial charge in [0.05, 0.1) is 0 Å². The molecule has 0 unspecified atom stereocenters. The van der Waals surface area contributed by atoms with Crippen LogP contribution in [0.15, 0.2) is 58.1 Å². The summed E-state index contributed by atoms with van der Waals surface area (Å²) in [5, 5.41) is 6.65. The number of rotatable bonds is 0. The summed E-state index contributed by atoms with van der Waals surface area (Å²) in [4.78, 5) is 25.9. The van der Waals surface area contributed by atoms with Gasteiger partial charge in [0.15, 0.2) is 10.9 Å². The lowest BCUT2D eigenvalue weighted by Crippen LogP contribution is -2.00. The first-order valence-electron chi connectivity index (χ1n) is 7.44. The van der Waals surface area contributed by atoms with Gasteiger partial charge < -0.3 is 0 Å². The Balaban J connectivity index is 2.27. The van der Waals surface area contributed by atoms with E-state index in [2.05, 4.69) is 45.2 Å². The van der Waals surface area contributed by atoms with Crippen molar-refractivity contribution in [1.82, 2.24) is 0 Å². The van der Waals surface area contributed by atoms with Crippen molar-refractivity contribution in [3.05, 3.63) is 76.1 Å². The van der Waals surface area contributed by atoms with Crippen LogP contribution in [-0.2, 0) is 0 Å². The number of fused-ring (bicyclic) bond motifs is 6. The second-order valence-electron chi connectivity index (χ2n) is 5.88. The molecule has 0 heterocycles. The Morgan fingerprint density at radius 1 is 0.500 bits per heavy atom. The molecule has 5 rings (SSSR count). The van der Waals surface area contributed by atoms with E-state index in [0.717, 1.165) is 50.2 Å². The van der Waals surface area contributed by atoms with E-state index in [1.54, 1.807) is 0 Å². The molecule has 24 heavy (non-hydrogen) atoms. The molecule has 0 saturated heterocycles. The van der Waals surface area contributed by atoms with E-state index in [4.69, 9.17) is 0 Å². The minimum atomic E-state index is 0.0579. The maximum atomic E-state index is 13.0. The van der Waals surface area contributed by atoms with Crippen LogP contribution in [0.2, 0.25) is 0 Å². The fourth-order valence-corrected chi connectivity index (χ4v) is 5.84. The van der Waals surface area contributed by atoms with Gasteiger partial charge in [-0.05, 0) is 56.0 Å². The van der Waals surface area contributed by atoms with Crippen LogP contribution in [0.25, 0.3) is 43.1 Å². The maximum absolute atomic E-state index is 13.0. The van der Waals surface area contributed by atoms with Crippen molar-refractivity contribution in [3.8, 4) is 0 Å². The zero-order valence-electron chi connectivity index (χ0n) is 12.2. The lowest BCUT2D eigenvalue weighted by molar-refractivity contribution is 1.79. The molecule has 0 fully saturated rings. The lowest BCUT2D eigenvalue weighted by atomic mass is 10.1. The van der Waals surface area contributed by atoms with Crippen LogP contribution >= 0.6 is 45.2 Å². The first-order chi connectivity index (χ1) is 11.6. The van der Waals surface area contributed by atoms with Crippen LogP contribution < -0.4 is 10.9 Å². The summed E-state index contributed by atoms with van der Waals surface area (Å²) in [5.41, 5.74) is 0.116. The summed E-state index contributed by atoms with van der Waals surface area (Å²) < 4.78 is 1.77. The lowest BCUT2D eigenvalue weighted by Gasteiger charge is -2.03. The quantitative estimate of drug-likeness (QED) is 0.259. The normalized spacial score (nSPS) is 12.1. The van der Waals surface area contributed by atoms with Crippen molar-refractivity contribution in [1.29, 1.82) is 0 Å². The third-order valence-corrected chi connectivity index (χ3v) is 6.87. The highest BCUT2D eigenvalue weighted by molar-refractivity contribution is 14.1. The summed E-state index contributed by atoms with van der Waals surface area (Å²) in [7, 11) is 0. The molecule has 0 aliphatic heterocycles. The topological polar surface area (TPSA) is 34.1 Å². The molecule has 5 aromatic carbocycles. The second kappa shape index (κ2) is 4.98. The number of benzene rings is 3. The van der Waals surface area contributed by atoms with Crippen molar-refractivity contribution in [2.45, 2.75) is 0 Å². The Morgan fingerprint density at radius 2 is 0.833 bits per heavy atom. The first-order valence-corrected chi connectivity index (χ1v) is 9.60. The van der Waals surface area contributed by atoms with Crippen molar-refractivity contribution >= 4 is 88.3 Å². The summed E-state index contributed by atoms with van der Waals surface area (Å²) in [5.74, 6) is 0. The fourth-order valence-electron chi connectivity index (χ4n) is 3.69. The van der Waals surface area contributed by atoms with Crippen LogP contribution in [0.4, 0.5) is 0 Å². The molecule has 2 nitrogen and oxygen atoms in total. The van der Waals surface area contributed by atoms with Gasteiger partial charge in [-0.15, -0.1) is 0 Å². The van der Waals surface area contributed by atoms with E-state index >= 15 is 0 Å². The Morgan fingerprint density at radius 3 is 1.21 bits per heavy atom. The molecule has 0 aliphatic carbocycles. The Kier molecular flexibility index (Phi) is 3.07. The minimum Gasteiger partial charge on any atom is -0.289 e. The molecule has 0 atom stereocenters. The summed E-state index contributed by atoms with van der Waals surface area (Å²) in [6, 6.07) is 15.3. The van der Waals surface area contributed by atoms with Gasteiger partial charge in [0.25, 0.3) is 0 Å². The smallest absolute Gasteiger partial charge is 0.195 e. The van der Waals surface area contributed by atoms with Gasteiger partial charge in [-0.3, -0.25) is 9.59 Å². The average Bonchev–Trinajstić information content (AvgIpc) is 3.07. The van der Waals surface area contributed by atoms with Crippen molar-refractivity contribution < 1.29 is 0 Å². The molecule has 0 radical (unpaired) electrons. The van der Waals surface area contributed by atoms with Gasteiger partial charge in [0.1, 0.15) is 0 Å². The molecule has 0 amide bonds.